The normalized spacial score (nSPS) is 40.7. The fourth-order valence-electron chi connectivity index (χ4n) is 7.80. The van der Waals surface area contributed by atoms with Crippen LogP contribution in [-0.2, 0) is 10.2 Å². The highest BCUT2D eigenvalue weighted by atomic mass is 16.1. The van der Waals surface area contributed by atoms with Gasteiger partial charge in [-0.05, 0) is 78.2 Å². The monoisotopic (exact) mass is 405 g/mol. The van der Waals surface area contributed by atoms with Gasteiger partial charge in [-0.3, -0.25) is 4.79 Å². The van der Waals surface area contributed by atoms with Crippen molar-refractivity contribution in [3.63, 3.8) is 0 Å². The van der Waals surface area contributed by atoms with E-state index in [2.05, 4.69) is 70.3 Å². The Morgan fingerprint density at radius 1 is 1.00 bits per heavy atom. The summed E-state index contributed by atoms with van der Waals surface area (Å²) in [4.78, 5) is 13.2. The molecule has 1 amide bonds. The van der Waals surface area contributed by atoms with Gasteiger partial charge in [0.2, 0.25) is 0 Å². The summed E-state index contributed by atoms with van der Waals surface area (Å²) < 4.78 is 0. The molecule has 1 aliphatic heterocycles. The van der Waals surface area contributed by atoms with Crippen LogP contribution in [0.3, 0.4) is 0 Å². The maximum absolute atomic E-state index is 13.2. The van der Waals surface area contributed by atoms with Crippen LogP contribution in [0.1, 0.15) is 90.7 Å². The summed E-state index contributed by atoms with van der Waals surface area (Å²) in [7, 11) is 0. The summed E-state index contributed by atoms with van der Waals surface area (Å²) in [6.45, 7) is 11.7. The average molecular weight is 406 g/mol. The zero-order chi connectivity index (χ0) is 21.3. The molecule has 0 aromatic heterocycles. The molecule has 0 saturated heterocycles. The molecule has 4 aliphatic rings. The van der Waals surface area contributed by atoms with E-state index >= 15 is 0 Å². The maximum atomic E-state index is 13.2. The number of hydrogen-bond donors (Lipinski definition) is 1. The van der Waals surface area contributed by atoms with Crippen LogP contribution in [0, 0.1) is 28.6 Å². The first-order valence-corrected chi connectivity index (χ1v) is 12.3. The third-order valence-corrected chi connectivity index (χ3v) is 9.60. The Morgan fingerprint density at radius 2 is 1.80 bits per heavy atom. The van der Waals surface area contributed by atoms with Crippen molar-refractivity contribution >= 4 is 11.5 Å². The Bertz CT molecular complexity index is 892. The lowest BCUT2D eigenvalue weighted by atomic mass is 9.48. The maximum Gasteiger partial charge on any atom is 0.251 e. The Hall–Kier alpha value is -1.57. The molecule has 3 aliphatic carbocycles. The van der Waals surface area contributed by atoms with Crippen molar-refractivity contribution < 1.29 is 4.79 Å². The van der Waals surface area contributed by atoms with Crippen LogP contribution in [0.4, 0.5) is 0 Å². The molecule has 3 saturated carbocycles. The molecular weight excluding hydrogens is 366 g/mol. The Balaban J connectivity index is 1.54. The van der Waals surface area contributed by atoms with E-state index in [-0.39, 0.29) is 16.7 Å². The van der Waals surface area contributed by atoms with E-state index < -0.39 is 0 Å². The van der Waals surface area contributed by atoms with Crippen molar-refractivity contribution in [1.82, 2.24) is 5.32 Å². The SMILES string of the molecule is CC(C)(C)c1cccc(C2=C[C@@]3(C)[C@@H](CC[C@H]4[C@@H]5CCC[C@@]5(C)CC[C@@H]43)NC2=O)c1. The van der Waals surface area contributed by atoms with Gasteiger partial charge in [-0.15, -0.1) is 0 Å². The molecule has 0 bridgehead atoms. The largest absolute Gasteiger partial charge is 0.348 e. The van der Waals surface area contributed by atoms with Crippen LogP contribution in [0.15, 0.2) is 30.3 Å². The van der Waals surface area contributed by atoms with Gasteiger partial charge >= 0.3 is 0 Å². The van der Waals surface area contributed by atoms with Crippen LogP contribution >= 0.6 is 0 Å². The predicted octanol–water partition coefficient (Wildman–Crippen LogP) is 6.50. The van der Waals surface area contributed by atoms with E-state index in [0.29, 0.717) is 17.4 Å². The minimum atomic E-state index is 0.0772. The van der Waals surface area contributed by atoms with E-state index in [9.17, 15) is 4.79 Å². The van der Waals surface area contributed by atoms with Crippen LogP contribution in [0.25, 0.3) is 5.57 Å². The minimum absolute atomic E-state index is 0.0772. The molecule has 0 unspecified atom stereocenters. The summed E-state index contributed by atoms with van der Waals surface area (Å²) in [5.41, 5.74) is 4.02. The quantitative estimate of drug-likeness (QED) is 0.568. The van der Waals surface area contributed by atoms with Gasteiger partial charge in [-0.1, -0.05) is 71.4 Å². The fourth-order valence-corrected chi connectivity index (χ4v) is 7.80. The molecule has 0 spiro atoms. The summed E-state index contributed by atoms with van der Waals surface area (Å²) in [5.74, 6) is 2.56. The molecule has 1 aromatic carbocycles. The topological polar surface area (TPSA) is 29.1 Å². The van der Waals surface area contributed by atoms with Crippen molar-refractivity contribution in [2.45, 2.75) is 91.0 Å². The summed E-state index contributed by atoms with van der Waals surface area (Å²) in [6.07, 6.45) is 11.8. The summed E-state index contributed by atoms with van der Waals surface area (Å²) >= 11 is 0. The molecular formula is C28H39NO. The lowest BCUT2D eigenvalue weighted by Crippen LogP contribution is -2.59. The molecule has 30 heavy (non-hydrogen) atoms. The van der Waals surface area contributed by atoms with Gasteiger partial charge in [0, 0.05) is 17.0 Å². The highest BCUT2D eigenvalue weighted by Crippen LogP contribution is 2.63. The first-order valence-electron chi connectivity index (χ1n) is 12.3. The minimum Gasteiger partial charge on any atom is -0.348 e. The molecule has 2 nitrogen and oxygen atoms in total. The summed E-state index contributed by atoms with van der Waals surface area (Å²) in [5, 5.41) is 3.46. The van der Waals surface area contributed by atoms with Gasteiger partial charge < -0.3 is 5.32 Å². The molecule has 3 fully saturated rings. The zero-order valence-electron chi connectivity index (χ0n) is 19.6. The lowest BCUT2D eigenvalue weighted by molar-refractivity contribution is -0.120. The predicted molar refractivity (Wildman–Crippen MR) is 124 cm³/mol. The number of hydrogen-bond acceptors (Lipinski definition) is 1. The molecule has 5 rings (SSSR count). The summed E-state index contributed by atoms with van der Waals surface area (Å²) in [6, 6.07) is 8.97. The molecule has 6 atom stereocenters. The lowest BCUT2D eigenvalue weighted by Gasteiger charge is -2.58. The molecule has 1 N–H and O–H groups in total. The zero-order valence-corrected chi connectivity index (χ0v) is 19.6. The van der Waals surface area contributed by atoms with Crippen molar-refractivity contribution in [2.24, 2.45) is 28.6 Å². The second kappa shape index (κ2) is 6.71. The van der Waals surface area contributed by atoms with E-state index in [0.717, 1.165) is 29.4 Å². The van der Waals surface area contributed by atoms with Gasteiger partial charge in [0.15, 0.2) is 0 Å². The Labute approximate surface area is 182 Å². The smallest absolute Gasteiger partial charge is 0.251 e. The van der Waals surface area contributed by atoms with Crippen molar-refractivity contribution in [1.29, 1.82) is 0 Å². The number of carbonyl (C=O) groups is 1. The van der Waals surface area contributed by atoms with E-state index in [1.807, 2.05) is 0 Å². The standard InChI is InChI=1S/C28H39NO/c1-26(2,3)19-9-6-8-18(16-19)21-17-28(5)23-13-15-27(4)14-7-10-22(27)20(23)11-12-24(28)29-25(21)30/h6,8-9,16-17,20,22-24H,7,10-15H2,1-5H3,(H,29,30)/t20-,22-,23-,24+,27-,28+/m0/s1. The number of amides is 1. The first kappa shape index (κ1) is 20.3. The Morgan fingerprint density at radius 3 is 2.57 bits per heavy atom. The molecule has 2 heteroatoms. The van der Waals surface area contributed by atoms with E-state index in [1.54, 1.807) is 0 Å². The van der Waals surface area contributed by atoms with Crippen LogP contribution in [0.5, 0.6) is 0 Å². The Kier molecular flexibility index (Phi) is 4.55. The fraction of sp³-hybridized carbons (Fsp3) is 0.679. The molecule has 1 heterocycles. The molecule has 0 radical (unpaired) electrons. The highest BCUT2D eigenvalue weighted by molar-refractivity contribution is 6.20. The number of carbonyl (C=O) groups excluding carboxylic acids is 1. The number of nitrogens with one attached hydrogen (secondary N) is 1. The van der Waals surface area contributed by atoms with E-state index in [4.69, 9.17) is 0 Å². The van der Waals surface area contributed by atoms with Crippen LogP contribution in [0.2, 0.25) is 0 Å². The average Bonchev–Trinajstić information content (AvgIpc) is 3.09. The van der Waals surface area contributed by atoms with Gasteiger partial charge in [-0.2, -0.15) is 0 Å². The third-order valence-electron chi connectivity index (χ3n) is 9.60. The van der Waals surface area contributed by atoms with Crippen molar-refractivity contribution in [2.75, 3.05) is 0 Å². The molecule has 1 aromatic rings. The van der Waals surface area contributed by atoms with Crippen molar-refractivity contribution in [3.8, 4) is 0 Å². The van der Waals surface area contributed by atoms with Gasteiger partial charge in [0.25, 0.3) is 5.91 Å². The van der Waals surface area contributed by atoms with Gasteiger partial charge in [0.05, 0.1) is 0 Å². The molecule has 162 valence electrons. The van der Waals surface area contributed by atoms with Crippen LogP contribution < -0.4 is 5.32 Å². The van der Waals surface area contributed by atoms with Crippen LogP contribution in [-0.4, -0.2) is 11.9 Å². The highest BCUT2D eigenvalue weighted by Gasteiger charge is 2.57. The van der Waals surface area contributed by atoms with Gasteiger partial charge in [-0.25, -0.2) is 0 Å². The number of fused-ring (bicyclic) bond motifs is 5. The number of rotatable bonds is 1. The van der Waals surface area contributed by atoms with Crippen molar-refractivity contribution in [3.05, 3.63) is 41.5 Å². The first-order chi connectivity index (χ1) is 14.1. The van der Waals surface area contributed by atoms with Gasteiger partial charge in [0.1, 0.15) is 0 Å². The number of benzene rings is 1. The second-order valence-electron chi connectivity index (χ2n) is 12.3. The third kappa shape index (κ3) is 3.00. The second-order valence-corrected chi connectivity index (χ2v) is 12.3. The van der Waals surface area contributed by atoms with E-state index in [1.165, 1.54) is 44.1 Å².